The highest BCUT2D eigenvalue weighted by atomic mass is 28.4. The quantitative estimate of drug-likeness (QED) is 0.0557. The maximum absolute atomic E-state index is 17.9. The van der Waals surface area contributed by atoms with Crippen LogP contribution in [0, 0.1) is 54.7 Å². The molecule has 0 unspecified atom stereocenters. The van der Waals surface area contributed by atoms with Crippen molar-refractivity contribution >= 4 is 70.8 Å². The van der Waals surface area contributed by atoms with E-state index in [0.29, 0.717) is 48.5 Å². The number of nitrogens with zero attached hydrogens (tertiary/aromatic N) is 9. The molecule has 12 rings (SSSR count). The zero-order valence-corrected chi connectivity index (χ0v) is 63.6. The van der Waals surface area contributed by atoms with E-state index >= 15 is 35.9 Å². The smallest absolute Gasteiger partial charge is 0.410 e. The fourth-order valence-electron chi connectivity index (χ4n) is 14.8. The summed E-state index contributed by atoms with van der Waals surface area (Å²) >= 11 is 0. The van der Waals surface area contributed by atoms with Crippen LogP contribution in [0.3, 0.4) is 0 Å². The van der Waals surface area contributed by atoms with E-state index in [2.05, 4.69) is 43.8 Å². The van der Waals surface area contributed by atoms with E-state index in [1.807, 2.05) is 34.6 Å². The molecule has 2 saturated heterocycles. The lowest BCUT2D eigenvalue weighted by atomic mass is 9.89. The molecule has 19 nitrogen and oxygen atoms in total. The lowest BCUT2D eigenvalue weighted by molar-refractivity contribution is -0.122. The Bertz CT molecular complexity index is 4900. The molecule has 8 aromatic rings. The molecule has 105 heavy (non-hydrogen) atoms. The minimum atomic E-state index is -2.20. The molecular formula is C79H93F6N9O10Si. The van der Waals surface area contributed by atoms with Gasteiger partial charge in [0.1, 0.15) is 63.8 Å². The van der Waals surface area contributed by atoms with Crippen molar-refractivity contribution in [3.05, 3.63) is 151 Å². The van der Waals surface area contributed by atoms with Crippen molar-refractivity contribution in [2.45, 2.75) is 176 Å². The summed E-state index contributed by atoms with van der Waals surface area (Å²) < 4.78 is 119. The number of hydrogen-bond donors (Lipinski definition) is 2. The van der Waals surface area contributed by atoms with Crippen LogP contribution in [0.1, 0.15) is 143 Å². The summed E-state index contributed by atoms with van der Waals surface area (Å²) in [5.41, 5.74) is -2.73. The summed E-state index contributed by atoms with van der Waals surface area (Å²) in [6.07, 6.45) is 4.31. The Morgan fingerprint density at radius 3 is 1.59 bits per heavy atom. The van der Waals surface area contributed by atoms with Gasteiger partial charge in [0.05, 0.1) is 81.1 Å². The second-order valence-corrected chi connectivity index (χ2v) is 35.9. The van der Waals surface area contributed by atoms with Crippen LogP contribution >= 0.6 is 0 Å². The van der Waals surface area contributed by atoms with E-state index in [-0.39, 0.29) is 130 Å². The van der Waals surface area contributed by atoms with Crippen molar-refractivity contribution in [3.8, 4) is 45.1 Å². The predicted molar refractivity (Wildman–Crippen MR) is 398 cm³/mol. The minimum absolute atomic E-state index is 0.0189. The molecule has 4 aromatic carbocycles. The molecule has 3 amide bonds. The number of aliphatic hydroxyl groups excluding tert-OH is 1. The highest BCUT2D eigenvalue weighted by Crippen LogP contribution is 2.50. The zero-order chi connectivity index (χ0) is 76.7. The Labute approximate surface area is 608 Å². The van der Waals surface area contributed by atoms with Crippen LogP contribution in [-0.2, 0) is 18.8 Å². The number of phenolic OH excluding ortho intramolecular Hbond substituents is 1. The molecule has 4 aliphatic heterocycles. The number of pyridine rings is 4. The molecule has 26 heteroatoms. The first-order chi connectivity index (χ1) is 49.4. The Kier molecular flexibility index (Phi) is 21.4. The van der Waals surface area contributed by atoms with Crippen LogP contribution in [0.2, 0.25) is 18.1 Å². The second kappa shape index (κ2) is 29.2. The van der Waals surface area contributed by atoms with Gasteiger partial charge >= 0.3 is 6.09 Å². The molecule has 4 aromatic heterocycles. The Hall–Kier alpha value is -9.27. The number of carbonyl (C=O) groups is 3. The number of aryl methyl sites for hydroxylation is 2. The summed E-state index contributed by atoms with van der Waals surface area (Å²) in [6.45, 7) is 31.1. The van der Waals surface area contributed by atoms with Crippen LogP contribution in [0.5, 0.6) is 11.5 Å². The van der Waals surface area contributed by atoms with Crippen LogP contribution in [0.25, 0.3) is 55.4 Å². The number of piperazine rings is 1. The maximum atomic E-state index is 17.9. The fraction of sp³-hybridized carbons (Fsp3) is 0.456. The van der Waals surface area contributed by atoms with Gasteiger partial charge in [0.25, 0.3) is 17.0 Å². The lowest BCUT2D eigenvalue weighted by Crippen LogP contribution is -2.67. The normalized spacial score (nSPS) is 17.7. The van der Waals surface area contributed by atoms with Crippen molar-refractivity contribution < 1.29 is 64.8 Å². The molecule has 4 aliphatic rings. The van der Waals surface area contributed by atoms with Crippen LogP contribution < -0.4 is 35.5 Å². The van der Waals surface area contributed by atoms with Gasteiger partial charge in [-0.1, -0.05) is 67.5 Å². The van der Waals surface area contributed by atoms with E-state index in [1.165, 1.54) is 44.6 Å². The number of amides is 3. The highest BCUT2D eigenvalue weighted by molar-refractivity contribution is 6.74. The number of rotatable bonds is 15. The Morgan fingerprint density at radius 1 is 0.619 bits per heavy atom. The molecule has 0 saturated carbocycles. The summed E-state index contributed by atoms with van der Waals surface area (Å²) in [5, 5.41) is 20.2. The van der Waals surface area contributed by atoms with Gasteiger partial charge in [0, 0.05) is 68.6 Å². The van der Waals surface area contributed by atoms with Crippen molar-refractivity contribution in [3.63, 3.8) is 0 Å². The number of halogens is 6. The van der Waals surface area contributed by atoms with Gasteiger partial charge in [-0.3, -0.25) is 38.3 Å². The number of methoxy groups -OCH3 is 1. The van der Waals surface area contributed by atoms with Gasteiger partial charge in [-0.05, 0) is 163 Å². The summed E-state index contributed by atoms with van der Waals surface area (Å²) in [4.78, 5) is 89.9. The number of anilines is 4. The van der Waals surface area contributed by atoms with Crippen LogP contribution in [0.15, 0.2) is 82.6 Å². The van der Waals surface area contributed by atoms with E-state index in [9.17, 15) is 24.6 Å². The molecule has 560 valence electrons. The number of phenols is 1. The van der Waals surface area contributed by atoms with Gasteiger partial charge in [0.2, 0.25) is 5.91 Å². The van der Waals surface area contributed by atoms with Crippen molar-refractivity contribution in [1.29, 1.82) is 0 Å². The van der Waals surface area contributed by atoms with Crippen LogP contribution in [0.4, 0.5) is 53.9 Å². The first-order valence-corrected chi connectivity index (χ1v) is 38.6. The molecular weight excluding hydrogens is 1380 g/mol. The largest absolute Gasteiger partial charge is 0.507 e. The Morgan fingerprint density at radius 2 is 1.10 bits per heavy atom. The number of aromatic nitrogens is 4. The maximum Gasteiger partial charge on any atom is 0.410 e. The number of piperidine rings is 1. The third-order valence-electron chi connectivity index (χ3n) is 20.9. The van der Waals surface area contributed by atoms with Crippen LogP contribution in [-0.4, -0.2) is 137 Å². The SMILES string of the molecule is COc1cccc(F)c1-c1c(F)cc2c3c(c(=O)n(-c4c(C)ccnc4C(C)C)c2c1F)N(CCCO[Si](C)(C)C(C)(C)C)C(=O)[C@H]1CN(C(=O)OC(C)(C)C)[C@H](C)CN31.Cc1ccnc(C(C)C)c1-n1c(=O)c2c(c3cc(F)c(-c4c(O)cccc4F)c(F)c31)N1C[C@@H](C)CC[C@@H]1C(=O)N2CCCO. The number of ether oxygens (including phenoxy) is 2. The zero-order valence-electron chi connectivity index (χ0n) is 62.6. The first-order valence-electron chi connectivity index (χ1n) is 35.7. The molecule has 0 radical (unpaired) electrons. The lowest BCUT2D eigenvalue weighted by Gasteiger charge is -2.50. The van der Waals surface area contributed by atoms with E-state index in [0.717, 1.165) is 41.3 Å². The number of carbonyl (C=O) groups excluding carboxylic acids is 3. The van der Waals surface area contributed by atoms with Gasteiger partial charge in [-0.2, -0.15) is 0 Å². The molecule has 0 aliphatic carbocycles. The van der Waals surface area contributed by atoms with Crippen molar-refractivity contribution in [2.24, 2.45) is 5.92 Å². The number of aliphatic hydroxyl groups is 1. The average Bonchev–Trinajstić information content (AvgIpc) is 0.701. The van der Waals surface area contributed by atoms with Gasteiger partial charge in [-0.25, -0.2) is 31.1 Å². The van der Waals surface area contributed by atoms with E-state index in [1.54, 1.807) is 75.9 Å². The molecule has 2 fully saturated rings. The first kappa shape index (κ1) is 76.8. The second-order valence-electron chi connectivity index (χ2n) is 31.1. The number of hydrogen-bond acceptors (Lipinski definition) is 14. The molecule has 8 heterocycles. The summed E-state index contributed by atoms with van der Waals surface area (Å²) in [5.74, 6) is -8.54. The average molecular weight is 1470 g/mol. The van der Waals surface area contributed by atoms with E-state index in [4.69, 9.17) is 13.9 Å². The molecule has 0 bridgehead atoms. The predicted octanol–water partition coefficient (Wildman–Crippen LogP) is 15.4. The third kappa shape index (κ3) is 13.7. The number of fused-ring (bicyclic) bond motifs is 10. The Balaban J connectivity index is 0.000000218. The highest BCUT2D eigenvalue weighted by Gasteiger charge is 2.50. The monoisotopic (exact) mass is 1470 g/mol. The number of aromatic hydroxyl groups is 1. The van der Waals surface area contributed by atoms with E-state index < -0.39 is 118 Å². The topological polar surface area (TPSA) is 205 Å². The molecule has 4 atom stereocenters. The van der Waals surface area contributed by atoms with Gasteiger partial charge in [-0.15, -0.1) is 0 Å². The van der Waals surface area contributed by atoms with Gasteiger partial charge in [0.15, 0.2) is 20.0 Å². The molecule has 0 spiro atoms. The minimum Gasteiger partial charge on any atom is -0.507 e. The summed E-state index contributed by atoms with van der Waals surface area (Å²) in [6, 6.07) is 10.4. The fourth-order valence-corrected chi connectivity index (χ4v) is 15.9. The van der Waals surface area contributed by atoms with Gasteiger partial charge < -0.3 is 48.6 Å². The standard InChI is InChI=1S/C45H58F3N5O6Si.C34H35F3N4O4/c1-25(2)36-37(26(3)18-19-49-36)53-38-28(22-30(47)34(35(38)48)33-29(46)16-14-17-32(33)57-11)39-40(42(53)55)50(20-15-21-58-60(12,13)45(8,9)10)41(54)31-24-51(27(4)23-52(31)39)43(56)59-44(5,6)7;1-17(2)28-29(19(4)11-12-38-28)41-30-20(15-22(36)26(27(30)37)25-21(35)7-5-8-24(25)43)31-32(34(41)45)39(13-6-14-42)33(44)23-10-9-18(3)16-40(23)31/h14,16-19,22,25,27,31H,15,20-21,23-24H2,1-13H3;5,7-8,11-12,15,17-18,23,42-43H,6,9-10,13-14,16H2,1-4H3/t27-,31-;18-,23+/m10/s1. The third-order valence-corrected chi connectivity index (χ3v) is 25.4. The molecule has 2 N–H and O–H groups in total. The summed E-state index contributed by atoms with van der Waals surface area (Å²) in [7, 11) is -0.925. The van der Waals surface area contributed by atoms with Crippen molar-refractivity contribution in [1.82, 2.24) is 24.0 Å². The van der Waals surface area contributed by atoms with Crippen molar-refractivity contribution in [2.75, 3.05) is 72.6 Å². The number of benzene rings is 4.